The standard InChI is InChI=1S/C29H40N6O2/c1-20-28(21(2)35-29(30-20)31-22(3)32-35)37-27-12-13-34(19-27)26-10-8-25(9-11-26)24-6-4-23(5-7-24)18-33-14-16-36-17-15-33/h8-11,23-24,27H,4-7,12-19H2,1-3H3/t23-,24-,27-/m1/s1. The van der Waals surface area contributed by atoms with Crippen LogP contribution in [0.25, 0.3) is 5.78 Å². The number of hydrogen-bond donors (Lipinski definition) is 0. The zero-order valence-electron chi connectivity index (χ0n) is 22.5. The molecule has 0 radical (unpaired) electrons. The molecule has 1 aliphatic carbocycles. The summed E-state index contributed by atoms with van der Waals surface area (Å²) < 4.78 is 13.8. The van der Waals surface area contributed by atoms with Crippen LogP contribution in [0, 0.1) is 26.7 Å². The average molecular weight is 505 g/mol. The number of fused-ring (bicyclic) bond motifs is 1. The van der Waals surface area contributed by atoms with Gasteiger partial charge in [0, 0.05) is 38.3 Å². The van der Waals surface area contributed by atoms with Gasteiger partial charge in [-0.15, -0.1) is 5.10 Å². The molecule has 2 aromatic heterocycles. The van der Waals surface area contributed by atoms with E-state index < -0.39 is 0 Å². The van der Waals surface area contributed by atoms with Gasteiger partial charge in [0.05, 0.1) is 31.1 Å². The molecular formula is C29H40N6O2. The van der Waals surface area contributed by atoms with Crippen molar-refractivity contribution in [3.63, 3.8) is 0 Å². The van der Waals surface area contributed by atoms with Crippen LogP contribution in [0.5, 0.6) is 5.75 Å². The Bertz CT molecular complexity index is 1210. The molecule has 4 heterocycles. The Morgan fingerprint density at radius 2 is 1.68 bits per heavy atom. The Kier molecular flexibility index (Phi) is 7.04. The Morgan fingerprint density at radius 3 is 2.43 bits per heavy atom. The summed E-state index contributed by atoms with van der Waals surface area (Å²) in [5, 5.41) is 4.47. The summed E-state index contributed by atoms with van der Waals surface area (Å²) in [6, 6.07) is 9.38. The summed E-state index contributed by atoms with van der Waals surface area (Å²) in [5.74, 6) is 3.76. The van der Waals surface area contributed by atoms with Gasteiger partial charge < -0.3 is 14.4 Å². The third kappa shape index (κ3) is 5.32. The van der Waals surface area contributed by atoms with Crippen LogP contribution in [0.4, 0.5) is 5.69 Å². The summed E-state index contributed by atoms with van der Waals surface area (Å²) >= 11 is 0. The number of nitrogens with zero attached hydrogens (tertiary/aromatic N) is 6. The molecule has 3 fully saturated rings. The van der Waals surface area contributed by atoms with E-state index in [-0.39, 0.29) is 6.10 Å². The van der Waals surface area contributed by atoms with E-state index in [1.165, 1.54) is 43.5 Å². The summed E-state index contributed by atoms with van der Waals surface area (Å²) in [6.07, 6.45) is 6.47. The number of rotatable bonds is 6. The summed E-state index contributed by atoms with van der Waals surface area (Å²) in [6.45, 7) is 13.1. The normalized spacial score (nSPS) is 25.2. The van der Waals surface area contributed by atoms with Crippen LogP contribution < -0.4 is 9.64 Å². The topological polar surface area (TPSA) is 68.0 Å². The monoisotopic (exact) mass is 504 g/mol. The molecule has 1 atom stereocenters. The quantitative estimate of drug-likeness (QED) is 0.495. The highest BCUT2D eigenvalue weighted by Gasteiger charge is 2.28. The second-order valence-electron chi connectivity index (χ2n) is 11.2. The van der Waals surface area contributed by atoms with Crippen LogP contribution in [-0.4, -0.2) is 76.5 Å². The fraction of sp³-hybridized carbons (Fsp3) is 0.621. The van der Waals surface area contributed by atoms with Gasteiger partial charge in [-0.25, -0.2) is 4.98 Å². The van der Waals surface area contributed by atoms with Gasteiger partial charge in [0.15, 0.2) is 5.75 Å². The van der Waals surface area contributed by atoms with Crippen LogP contribution in [0.1, 0.15) is 60.8 Å². The molecule has 3 aliphatic rings. The van der Waals surface area contributed by atoms with E-state index in [0.717, 1.165) is 74.7 Å². The highest BCUT2D eigenvalue weighted by atomic mass is 16.5. The number of aryl methyl sites for hydroxylation is 3. The van der Waals surface area contributed by atoms with Gasteiger partial charge in [-0.2, -0.15) is 9.50 Å². The van der Waals surface area contributed by atoms with E-state index in [1.54, 1.807) is 4.52 Å². The van der Waals surface area contributed by atoms with Gasteiger partial charge in [0.2, 0.25) is 0 Å². The molecule has 198 valence electrons. The lowest BCUT2D eigenvalue weighted by atomic mass is 9.78. The molecule has 0 amide bonds. The molecule has 37 heavy (non-hydrogen) atoms. The van der Waals surface area contributed by atoms with E-state index in [4.69, 9.17) is 9.47 Å². The maximum atomic E-state index is 6.49. The van der Waals surface area contributed by atoms with Crippen molar-refractivity contribution in [1.29, 1.82) is 0 Å². The predicted octanol–water partition coefficient (Wildman–Crippen LogP) is 4.31. The van der Waals surface area contributed by atoms with Crippen molar-refractivity contribution in [2.45, 2.75) is 64.9 Å². The first-order chi connectivity index (χ1) is 18.0. The van der Waals surface area contributed by atoms with Crippen LogP contribution in [-0.2, 0) is 4.74 Å². The first-order valence-corrected chi connectivity index (χ1v) is 14.1. The van der Waals surface area contributed by atoms with Gasteiger partial charge in [0.25, 0.3) is 5.78 Å². The van der Waals surface area contributed by atoms with Gasteiger partial charge >= 0.3 is 0 Å². The minimum Gasteiger partial charge on any atom is -0.485 e. The van der Waals surface area contributed by atoms with E-state index in [1.807, 2.05) is 20.8 Å². The van der Waals surface area contributed by atoms with E-state index in [2.05, 4.69) is 49.1 Å². The lowest BCUT2D eigenvalue weighted by molar-refractivity contribution is 0.0273. The zero-order chi connectivity index (χ0) is 25.4. The molecule has 6 rings (SSSR count). The second-order valence-corrected chi connectivity index (χ2v) is 11.2. The predicted molar refractivity (Wildman–Crippen MR) is 145 cm³/mol. The molecule has 0 N–H and O–H groups in total. The maximum Gasteiger partial charge on any atom is 0.253 e. The summed E-state index contributed by atoms with van der Waals surface area (Å²) in [5.41, 5.74) is 4.64. The fourth-order valence-corrected chi connectivity index (χ4v) is 6.44. The lowest BCUT2D eigenvalue weighted by Gasteiger charge is -2.34. The first-order valence-electron chi connectivity index (χ1n) is 14.1. The summed E-state index contributed by atoms with van der Waals surface area (Å²) in [4.78, 5) is 14.1. The highest BCUT2D eigenvalue weighted by Crippen LogP contribution is 2.37. The zero-order valence-corrected chi connectivity index (χ0v) is 22.5. The summed E-state index contributed by atoms with van der Waals surface area (Å²) in [7, 11) is 0. The van der Waals surface area contributed by atoms with E-state index in [9.17, 15) is 0 Å². The largest absolute Gasteiger partial charge is 0.485 e. The molecule has 0 unspecified atom stereocenters. The third-order valence-electron chi connectivity index (χ3n) is 8.56. The fourth-order valence-electron chi connectivity index (χ4n) is 6.44. The molecule has 1 aromatic carbocycles. The molecular weight excluding hydrogens is 464 g/mol. The van der Waals surface area contributed by atoms with E-state index >= 15 is 0 Å². The number of aromatic nitrogens is 4. The molecule has 0 spiro atoms. The van der Waals surface area contributed by atoms with Crippen molar-refractivity contribution in [2.75, 3.05) is 50.8 Å². The maximum absolute atomic E-state index is 6.49. The number of hydrogen-bond acceptors (Lipinski definition) is 7. The second kappa shape index (κ2) is 10.6. The highest BCUT2D eigenvalue weighted by molar-refractivity contribution is 5.49. The van der Waals surface area contributed by atoms with Crippen LogP contribution in [0.3, 0.4) is 0 Å². The lowest BCUT2D eigenvalue weighted by Crippen LogP contribution is -2.40. The van der Waals surface area contributed by atoms with Crippen molar-refractivity contribution in [3.05, 3.63) is 47.0 Å². The number of benzene rings is 1. The van der Waals surface area contributed by atoms with Gasteiger partial charge in [-0.1, -0.05) is 12.1 Å². The molecule has 8 nitrogen and oxygen atoms in total. The van der Waals surface area contributed by atoms with Crippen molar-refractivity contribution in [1.82, 2.24) is 24.5 Å². The Labute approximate surface area is 220 Å². The smallest absolute Gasteiger partial charge is 0.253 e. The Balaban J connectivity index is 1.03. The molecule has 1 saturated carbocycles. The number of anilines is 1. The molecule has 2 saturated heterocycles. The average Bonchev–Trinajstić information content (AvgIpc) is 3.54. The number of ether oxygens (including phenoxy) is 2. The minimum absolute atomic E-state index is 0.141. The minimum atomic E-state index is 0.141. The Hall–Kier alpha value is -2.71. The molecule has 3 aromatic rings. The van der Waals surface area contributed by atoms with Crippen molar-refractivity contribution in [2.24, 2.45) is 5.92 Å². The molecule has 0 bridgehead atoms. The van der Waals surface area contributed by atoms with Crippen LogP contribution in [0.2, 0.25) is 0 Å². The van der Waals surface area contributed by atoms with Gasteiger partial charge in [0.1, 0.15) is 11.9 Å². The van der Waals surface area contributed by atoms with Crippen molar-refractivity contribution >= 4 is 11.5 Å². The third-order valence-corrected chi connectivity index (χ3v) is 8.56. The SMILES string of the molecule is Cc1nc2nc(C)c(O[C@@H]3CCN(c4ccc([C@H]5CC[C@H](CN6CCOCC6)CC5)cc4)C3)c(C)n2n1. The van der Waals surface area contributed by atoms with Crippen molar-refractivity contribution in [3.8, 4) is 5.75 Å². The van der Waals surface area contributed by atoms with Crippen LogP contribution in [0.15, 0.2) is 24.3 Å². The Morgan fingerprint density at radius 1 is 0.919 bits per heavy atom. The van der Waals surface area contributed by atoms with Gasteiger partial charge in [-0.05, 0) is 76.0 Å². The van der Waals surface area contributed by atoms with Crippen molar-refractivity contribution < 1.29 is 9.47 Å². The first kappa shape index (κ1) is 24.6. The number of morpholine rings is 1. The van der Waals surface area contributed by atoms with E-state index in [0.29, 0.717) is 11.7 Å². The molecule has 8 heteroatoms. The molecule has 2 aliphatic heterocycles. The van der Waals surface area contributed by atoms with Gasteiger partial charge in [-0.3, -0.25) is 4.90 Å². The van der Waals surface area contributed by atoms with Crippen LogP contribution >= 0.6 is 0 Å².